The second-order valence-corrected chi connectivity index (χ2v) is 13.6. The summed E-state index contributed by atoms with van der Waals surface area (Å²) in [6.45, 7) is 12.0. The zero-order valence-electron chi connectivity index (χ0n) is 26.2. The van der Waals surface area contributed by atoms with E-state index in [-0.39, 0.29) is 40.8 Å². The van der Waals surface area contributed by atoms with Crippen LogP contribution in [0.2, 0.25) is 0 Å². The Hall–Kier alpha value is -3.19. The Morgan fingerprint density at radius 3 is 2.26 bits per heavy atom. The van der Waals surface area contributed by atoms with Gasteiger partial charge in [0.15, 0.2) is 0 Å². The quantitative estimate of drug-likeness (QED) is 0.220. The second-order valence-electron chi connectivity index (χ2n) is 13.6. The molecule has 0 spiro atoms. The van der Waals surface area contributed by atoms with Crippen molar-refractivity contribution >= 4 is 5.97 Å². The highest BCUT2D eigenvalue weighted by Crippen LogP contribution is 2.62. The van der Waals surface area contributed by atoms with Crippen LogP contribution in [0.15, 0.2) is 96.2 Å². The van der Waals surface area contributed by atoms with Crippen LogP contribution in [0, 0.1) is 35.0 Å². The SMILES string of the molecule is CC1=C[C@@H]2[C@@H]([C@H]3C(c4ccc(O)cc4)OC(=O)/C=C/C(C)=C/C[C@@H](O)[C@@H](C)[C@H](O)\C=C/C=C/C=C\[C@H]13)C(C)(C)C[C@@]2(C)O. The third-order valence-corrected chi connectivity index (χ3v) is 9.70. The first-order chi connectivity index (χ1) is 20.2. The maximum absolute atomic E-state index is 13.4. The molecule has 1 fully saturated rings. The van der Waals surface area contributed by atoms with Gasteiger partial charge < -0.3 is 25.2 Å². The first kappa shape index (κ1) is 32.7. The number of aliphatic hydroxyl groups excluding tert-OH is 2. The number of aromatic hydroxyl groups is 1. The van der Waals surface area contributed by atoms with Gasteiger partial charge in [-0.05, 0) is 62.6 Å². The van der Waals surface area contributed by atoms with Gasteiger partial charge in [0.25, 0.3) is 0 Å². The highest BCUT2D eigenvalue weighted by atomic mass is 16.5. The third kappa shape index (κ3) is 7.49. The monoisotopic (exact) mass is 588 g/mol. The summed E-state index contributed by atoms with van der Waals surface area (Å²) >= 11 is 0. The van der Waals surface area contributed by atoms with Crippen molar-refractivity contribution in [3.8, 4) is 5.75 Å². The molecule has 0 amide bonds. The fourth-order valence-corrected chi connectivity index (χ4v) is 7.53. The van der Waals surface area contributed by atoms with Gasteiger partial charge in [-0.2, -0.15) is 0 Å². The Bertz CT molecular complexity index is 1330. The third-order valence-electron chi connectivity index (χ3n) is 9.70. The van der Waals surface area contributed by atoms with Gasteiger partial charge in [-0.1, -0.05) is 98.7 Å². The predicted octanol–water partition coefficient (Wildman–Crippen LogP) is 6.51. The van der Waals surface area contributed by atoms with Crippen LogP contribution in [0.5, 0.6) is 5.75 Å². The van der Waals surface area contributed by atoms with Crippen LogP contribution in [-0.2, 0) is 9.53 Å². The number of phenols is 1. The zero-order valence-corrected chi connectivity index (χ0v) is 26.2. The number of ether oxygens (including phenoxy) is 1. The molecule has 0 radical (unpaired) electrons. The van der Waals surface area contributed by atoms with Gasteiger partial charge >= 0.3 is 5.97 Å². The Balaban J connectivity index is 1.85. The number of fused-ring (bicyclic) bond motifs is 3. The predicted molar refractivity (Wildman–Crippen MR) is 170 cm³/mol. The molecule has 9 atom stereocenters. The lowest BCUT2D eigenvalue weighted by atomic mass is 9.59. The minimum atomic E-state index is -0.910. The van der Waals surface area contributed by atoms with Crippen LogP contribution < -0.4 is 0 Å². The molecular weight excluding hydrogens is 540 g/mol. The van der Waals surface area contributed by atoms with E-state index in [1.54, 1.807) is 49.4 Å². The molecule has 6 heteroatoms. The summed E-state index contributed by atoms with van der Waals surface area (Å²) in [5.41, 5.74) is 1.51. The van der Waals surface area contributed by atoms with Crippen molar-refractivity contribution in [2.75, 3.05) is 0 Å². The number of hydrogen-bond acceptors (Lipinski definition) is 6. The van der Waals surface area contributed by atoms with Gasteiger partial charge in [0.2, 0.25) is 0 Å². The molecule has 4 N–H and O–H groups in total. The summed E-state index contributed by atoms with van der Waals surface area (Å²) in [5, 5.41) is 42.8. The van der Waals surface area contributed by atoms with Crippen LogP contribution in [0.4, 0.5) is 0 Å². The van der Waals surface area contributed by atoms with Gasteiger partial charge in [0.05, 0.1) is 17.8 Å². The van der Waals surface area contributed by atoms with E-state index in [4.69, 9.17) is 4.74 Å². The number of benzene rings is 1. The van der Waals surface area contributed by atoms with Gasteiger partial charge in [0, 0.05) is 29.7 Å². The van der Waals surface area contributed by atoms with Gasteiger partial charge in [-0.15, -0.1) is 0 Å². The van der Waals surface area contributed by atoms with Crippen LogP contribution in [0.25, 0.3) is 0 Å². The molecule has 0 aromatic heterocycles. The minimum absolute atomic E-state index is 0.00540. The number of carbonyl (C=O) groups excluding carboxylic acids is 1. The number of phenolic OH excluding ortho intramolecular Hbond substituents is 1. The highest BCUT2D eigenvalue weighted by Gasteiger charge is 2.60. The molecule has 1 aliphatic heterocycles. The molecule has 2 aliphatic carbocycles. The first-order valence-electron chi connectivity index (χ1n) is 15.3. The molecule has 43 heavy (non-hydrogen) atoms. The van der Waals surface area contributed by atoms with Crippen LogP contribution in [-0.4, -0.2) is 44.2 Å². The van der Waals surface area contributed by atoms with Crippen molar-refractivity contribution < 1.29 is 30.0 Å². The molecule has 1 aromatic carbocycles. The van der Waals surface area contributed by atoms with E-state index in [9.17, 15) is 25.2 Å². The second kappa shape index (κ2) is 13.2. The van der Waals surface area contributed by atoms with Gasteiger partial charge in [-0.3, -0.25) is 0 Å². The lowest BCUT2D eigenvalue weighted by molar-refractivity contribution is -0.150. The van der Waals surface area contributed by atoms with Crippen molar-refractivity contribution in [1.29, 1.82) is 0 Å². The maximum atomic E-state index is 13.4. The van der Waals surface area contributed by atoms with Gasteiger partial charge in [-0.25, -0.2) is 4.79 Å². The Morgan fingerprint density at radius 1 is 0.930 bits per heavy atom. The lowest BCUT2D eigenvalue weighted by Gasteiger charge is -2.47. The number of cyclic esters (lactones) is 1. The summed E-state index contributed by atoms with van der Waals surface area (Å²) in [6, 6.07) is 6.83. The molecule has 232 valence electrons. The molecular formula is C37H48O6. The van der Waals surface area contributed by atoms with Gasteiger partial charge in [0.1, 0.15) is 11.9 Å². The molecule has 1 heterocycles. The van der Waals surface area contributed by atoms with E-state index in [1.807, 2.05) is 38.2 Å². The van der Waals surface area contributed by atoms with Crippen LogP contribution in [0.1, 0.15) is 66.1 Å². The molecule has 1 saturated carbocycles. The average molecular weight is 589 g/mol. The minimum Gasteiger partial charge on any atom is -0.508 e. The number of hydrogen-bond donors (Lipinski definition) is 4. The van der Waals surface area contributed by atoms with Crippen LogP contribution in [0.3, 0.4) is 0 Å². The smallest absolute Gasteiger partial charge is 0.331 e. The normalized spacial score (nSPS) is 41.0. The van der Waals surface area contributed by atoms with Crippen molar-refractivity contribution in [1.82, 2.24) is 0 Å². The number of allylic oxidation sites excluding steroid dienone is 8. The largest absolute Gasteiger partial charge is 0.508 e. The number of rotatable bonds is 1. The van der Waals surface area contributed by atoms with Crippen molar-refractivity contribution in [3.05, 3.63) is 102 Å². The number of esters is 1. The average Bonchev–Trinajstić information content (AvgIpc) is 3.13. The summed E-state index contributed by atoms with van der Waals surface area (Å²) in [5.74, 6) is -1.15. The Morgan fingerprint density at radius 2 is 1.58 bits per heavy atom. The summed E-state index contributed by atoms with van der Waals surface area (Å²) in [6.07, 6.45) is 17.2. The maximum Gasteiger partial charge on any atom is 0.331 e. The molecule has 4 rings (SSSR count). The van der Waals surface area contributed by atoms with Crippen molar-refractivity contribution in [3.63, 3.8) is 0 Å². The summed E-state index contributed by atoms with van der Waals surface area (Å²) < 4.78 is 6.34. The molecule has 1 unspecified atom stereocenters. The lowest BCUT2D eigenvalue weighted by Crippen LogP contribution is -2.44. The van der Waals surface area contributed by atoms with E-state index in [2.05, 4.69) is 32.9 Å². The van der Waals surface area contributed by atoms with E-state index in [1.165, 1.54) is 6.08 Å². The summed E-state index contributed by atoms with van der Waals surface area (Å²) in [7, 11) is 0. The topological polar surface area (TPSA) is 107 Å². The zero-order chi connectivity index (χ0) is 31.5. The van der Waals surface area contributed by atoms with E-state index >= 15 is 0 Å². The Labute approximate surface area is 256 Å². The van der Waals surface area contributed by atoms with E-state index in [0.717, 1.165) is 16.7 Å². The molecule has 6 nitrogen and oxygen atoms in total. The highest BCUT2D eigenvalue weighted by molar-refractivity contribution is 5.82. The molecule has 0 bridgehead atoms. The van der Waals surface area contributed by atoms with E-state index < -0.39 is 29.9 Å². The fourth-order valence-electron chi connectivity index (χ4n) is 7.53. The molecule has 0 saturated heterocycles. The van der Waals surface area contributed by atoms with Crippen molar-refractivity contribution in [2.45, 2.75) is 78.3 Å². The molecule has 3 aliphatic rings. The molecule has 1 aromatic rings. The first-order valence-corrected chi connectivity index (χ1v) is 15.3. The van der Waals surface area contributed by atoms with Crippen LogP contribution >= 0.6 is 0 Å². The fraction of sp³-hybridized carbons (Fsp3) is 0.486. The Kier molecular flexibility index (Phi) is 10.1. The number of aliphatic hydroxyl groups is 3. The van der Waals surface area contributed by atoms with Crippen molar-refractivity contribution in [2.24, 2.45) is 35.0 Å². The van der Waals surface area contributed by atoms with E-state index in [0.29, 0.717) is 12.8 Å². The summed E-state index contributed by atoms with van der Waals surface area (Å²) in [4.78, 5) is 13.4. The number of carbonyl (C=O) groups is 1. The standard InChI is InChI=1S/C37H48O6/c1-23-13-19-31(40)25(3)30(39)12-10-8-7-9-11-28-24(2)21-29-34(36(4,5)22-37(29,6)42)33(28)35(43-32(41)20-14-23)26-15-17-27(38)18-16-26/h7-18,20-21,25,28-31,33-35,38-40,42H,19,22H2,1-6H3/b8-7+,11-9-,12-10-,20-14+,23-13+/t25-,28+,29+,30+,31+,33-,34-,35?,37+/m0/s1.